The van der Waals surface area contributed by atoms with Crippen LogP contribution in [0.3, 0.4) is 0 Å². The highest BCUT2D eigenvalue weighted by atomic mass is 35.5. The van der Waals surface area contributed by atoms with Crippen LogP contribution in [0, 0.1) is 40.7 Å². The Morgan fingerprint density at radius 1 is 1.11 bits per heavy atom. The fraction of sp³-hybridized carbons (Fsp3) is 0.346. The molecule has 2 aromatic rings. The molecule has 1 saturated carbocycles. The van der Waals surface area contributed by atoms with Crippen LogP contribution in [0.15, 0.2) is 48.6 Å². The van der Waals surface area contributed by atoms with Gasteiger partial charge in [0.2, 0.25) is 11.8 Å². The quantitative estimate of drug-likeness (QED) is 0.179. The topological polar surface area (TPSA) is 122 Å². The van der Waals surface area contributed by atoms with Crippen LogP contribution in [0.1, 0.15) is 28.8 Å². The molecule has 10 heteroatoms. The average molecular weight is 509 g/mol. The molecule has 2 fully saturated rings. The van der Waals surface area contributed by atoms with Crippen molar-refractivity contribution >= 4 is 46.4 Å². The lowest BCUT2D eigenvalue weighted by Gasteiger charge is -2.17. The molecule has 2 aromatic carbocycles. The molecule has 4 atom stereocenters. The van der Waals surface area contributed by atoms with Crippen LogP contribution in [-0.2, 0) is 9.59 Å². The predicted molar refractivity (Wildman–Crippen MR) is 135 cm³/mol. The van der Waals surface area contributed by atoms with Crippen molar-refractivity contribution < 1.29 is 19.3 Å². The van der Waals surface area contributed by atoms with E-state index in [-0.39, 0.29) is 59.0 Å². The molecule has 2 bridgehead atoms. The lowest BCUT2D eigenvalue weighted by Crippen LogP contribution is -2.34. The van der Waals surface area contributed by atoms with Crippen LogP contribution in [0.2, 0.25) is 5.02 Å². The van der Waals surface area contributed by atoms with Gasteiger partial charge in [0.25, 0.3) is 11.6 Å². The first-order valence-corrected chi connectivity index (χ1v) is 12.3. The molecule has 186 valence electrons. The molecule has 3 aliphatic rings. The van der Waals surface area contributed by atoms with Gasteiger partial charge in [-0.3, -0.25) is 29.4 Å². The minimum atomic E-state index is -0.556. The number of carbonyl (C=O) groups is 3. The summed E-state index contributed by atoms with van der Waals surface area (Å²) in [5.41, 5.74) is 1.50. The van der Waals surface area contributed by atoms with E-state index >= 15 is 0 Å². The number of nitrogens with zero attached hydrogens (tertiary/aromatic N) is 2. The first-order chi connectivity index (χ1) is 17.2. The van der Waals surface area contributed by atoms with E-state index in [4.69, 9.17) is 11.6 Å². The summed E-state index contributed by atoms with van der Waals surface area (Å²) >= 11 is 6.10. The second kappa shape index (κ2) is 9.39. The van der Waals surface area contributed by atoms with E-state index in [0.29, 0.717) is 23.7 Å². The molecule has 2 aliphatic carbocycles. The van der Waals surface area contributed by atoms with Crippen molar-refractivity contribution in [2.75, 3.05) is 23.7 Å². The number of carbonyl (C=O) groups excluding carboxylic acids is 3. The number of halogens is 1. The number of nitro groups is 1. The van der Waals surface area contributed by atoms with Crippen molar-refractivity contribution in [3.8, 4) is 0 Å². The molecule has 0 spiro atoms. The minimum Gasteiger partial charge on any atom is -0.379 e. The van der Waals surface area contributed by atoms with Crippen LogP contribution >= 0.6 is 11.6 Å². The summed E-state index contributed by atoms with van der Waals surface area (Å²) in [4.78, 5) is 50.6. The van der Waals surface area contributed by atoms with Gasteiger partial charge in [0.1, 0.15) is 5.69 Å². The van der Waals surface area contributed by atoms with Crippen LogP contribution in [0.4, 0.5) is 17.1 Å². The van der Waals surface area contributed by atoms with Crippen molar-refractivity contribution in [2.24, 2.45) is 23.7 Å². The second-order valence-corrected chi connectivity index (χ2v) is 9.92. The lowest BCUT2D eigenvalue weighted by atomic mass is 9.85. The first kappa shape index (κ1) is 24.0. The monoisotopic (exact) mass is 508 g/mol. The third-order valence-electron chi connectivity index (χ3n) is 7.32. The Labute approximate surface area is 212 Å². The zero-order chi connectivity index (χ0) is 25.6. The number of imide groups is 1. The van der Waals surface area contributed by atoms with Crippen molar-refractivity contribution in [2.45, 2.75) is 19.8 Å². The Hall–Kier alpha value is -3.72. The number of amides is 3. The standard InChI is InChI=1S/C26H25ClN4O5/c1-14-3-7-18(13-19(14)27)29-24(32)17-6-8-20(21(12-17)31(35)36)28-9-2-10-30-25(33)22-15-4-5-16(11-15)23(22)26(30)34/h3-8,12-13,15-16,22-23,28H,2,9-11H2,1H3,(H,29,32)/t15-,16-,22-,23+/m0/s1. The number of nitro benzene ring substituents is 1. The summed E-state index contributed by atoms with van der Waals surface area (Å²) in [5.74, 6) is -0.810. The number of benzene rings is 2. The van der Waals surface area contributed by atoms with Crippen LogP contribution < -0.4 is 10.6 Å². The number of likely N-dealkylation sites (tertiary alicyclic amines) is 1. The van der Waals surface area contributed by atoms with Gasteiger partial charge >= 0.3 is 0 Å². The number of fused-ring (bicyclic) bond motifs is 5. The molecule has 0 unspecified atom stereocenters. The molecule has 5 rings (SSSR count). The molecular weight excluding hydrogens is 484 g/mol. The number of rotatable bonds is 8. The Balaban J connectivity index is 1.19. The van der Waals surface area contributed by atoms with Gasteiger partial charge in [-0.05, 0) is 61.4 Å². The summed E-state index contributed by atoms with van der Waals surface area (Å²) in [7, 11) is 0. The van der Waals surface area contributed by atoms with E-state index in [2.05, 4.69) is 22.8 Å². The number of aryl methyl sites for hydroxylation is 1. The van der Waals surface area contributed by atoms with E-state index in [1.54, 1.807) is 18.2 Å². The van der Waals surface area contributed by atoms with Gasteiger partial charge in [0, 0.05) is 35.4 Å². The first-order valence-electron chi connectivity index (χ1n) is 11.9. The molecule has 1 heterocycles. The fourth-order valence-electron chi connectivity index (χ4n) is 5.49. The van der Waals surface area contributed by atoms with Gasteiger partial charge in [-0.2, -0.15) is 0 Å². The summed E-state index contributed by atoms with van der Waals surface area (Å²) in [6.45, 7) is 2.44. The molecular formula is C26H25ClN4O5. The normalized spacial score (nSPS) is 23.8. The number of anilines is 2. The zero-order valence-corrected chi connectivity index (χ0v) is 20.3. The third kappa shape index (κ3) is 4.24. The van der Waals surface area contributed by atoms with E-state index < -0.39 is 10.8 Å². The highest BCUT2D eigenvalue weighted by Crippen LogP contribution is 2.52. The number of hydrogen-bond donors (Lipinski definition) is 2. The maximum absolute atomic E-state index is 12.8. The summed E-state index contributed by atoms with van der Waals surface area (Å²) < 4.78 is 0. The van der Waals surface area contributed by atoms with Crippen LogP contribution in [0.5, 0.6) is 0 Å². The fourth-order valence-corrected chi connectivity index (χ4v) is 5.67. The van der Waals surface area contributed by atoms with Gasteiger partial charge in [-0.25, -0.2) is 0 Å². The van der Waals surface area contributed by atoms with Crippen LogP contribution in [0.25, 0.3) is 0 Å². The van der Waals surface area contributed by atoms with Gasteiger partial charge < -0.3 is 10.6 Å². The van der Waals surface area contributed by atoms with Gasteiger partial charge in [0.15, 0.2) is 0 Å². The van der Waals surface area contributed by atoms with Gasteiger partial charge in [-0.15, -0.1) is 0 Å². The highest BCUT2D eigenvalue weighted by Gasteiger charge is 2.58. The zero-order valence-electron chi connectivity index (χ0n) is 19.6. The van der Waals surface area contributed by atoms with E-state index in [0.717, 1.165) is 12.0 Å². The number of hydrogen-bond acceptors (Lipinski definition) is 6. The number of nitrogens with one attached hydrogen (secondary N) is 2. The Kier molecular flexibility index (Phi) is 6.26. The molecule has 36 heavy (non-hydrogen) atoms. The Morgan fingerprint density at radius 2 is 1.81 bits per heavy atom. The van der Waals surface area contributed by atoms with E-state index in [1.807, 2.05) is 6.92 Å². The summed E-state index contributed by atoms with van der Waals surface area (Å²) in [6, 6.07) is 9.28. The van der Waals surface area contributed by atoms with Crippen LogP contribution in [-0.4, -0.2) is 40.6 Å². The van der Waals surface area contributed by atoms with Crippen molar-refractivity contribution in [1.29, 1.82) is 0 Å². The van der Waals surface area contributed by atoms with Crippen molar-refractivity contribution in [3.63, 3.8) is 0 Å². The SMILES string of the molecule is Cc1ccc(NC(=O)c2ccc(NCCCN3C(=O)[C@@H]4[C@H](C3=O)[C@H]3C=C[C@H]4C3)c([N+](=O)[O-])c2)cc1Cl. The average Bonchev–Trinajstić information content (AvgIpc) is 3.53. The third-order valence-corrected chi connectivity index (χ3v) is 7.73. The lowest BCUT2D eigenvalue weighted by molar-refractivity contribution is -0.384. The van der Waals surface area contributed by atoms with Crippen molar-refractivity contribution in [3.05, 3.63) is 74.8 Å². The Bertz CT molecular complexity index is 1280. The molecule has 0 radical (unpaired) electrons. The minimum absolute atomic E-state index is 0.0990. The molecule has 1 aliphatic heterocycles. The number of allylic oxidation sites excluding steroid dienone is 2. The molecule has 9 nitrogen and oxygen atoms in total. The summed E-state index contributed by atoms with van der Waals surface area (Å²) in [6.07, 6.45) is 5.45. The maximum Gasteiger partial charge on any atom is 0.293 e. The van der Waals surface area contributed by atoms with Gasteiger partial charge in [0.05, 0.1) is 16.8 Å². The maximum atomic E-state index is 12.8. The van der Waals surface area contributed by atoms with Crippen molar-refractivity contribution in [1.82, 2.24) is 4.90 Å². The predicted octanol–water partition coefficient (Wildman–Crippen LogP) is 4.42. The molecule has 3 amide bonds. The van der Waals surface area contributed by atoms with E-state index in [9.17, 15) is 24.5 Å². The molecule has 2 N–H and O–H groups in total. The summed E-state index contributed by atoms with van der Waals surface area (Å²) in [5, 5.41) is 17.9. The molecule has 1 saturated heterocycles. The van der Waals surface area contributed by atoms with Gasteiger partial charge in [-0.1, -0.05) is 29.8 Å². The smallest absolute Gasteiger partial charge is 0.293 e. The van der Waals surface area contributed by atoms with E-state index in [1.165, 1.54) is 23.1 Å². The second-order valence-electron chi connectivity index (χ2n) is 9.52. The molecule has 0 aromatic heterocycles. The Morgan fingerprint density at radius 3 is 2.44 bits per heavy atom. The highest BCUT2D eigenvalue weighted by molar-refractivity contribution is 6.31. The largest absolute Gasteiger partial charge is 0.379 e.